The molecule has 1 atom stereocenters. The van der Waals surface area contributed by atoms with Crippen molar-refractivity contribution in [3.8, 4) is 11.3 Å². The van der Waals surface area contributed by atoms with Crippen LogP contribution in [-0.4, -0.2) is 26.5 Å². The summed E-state index contributed by atoms with van der Waals surface area (Å²) in [5.74, 6) is 1.62. The first-order chi connectivity index (χ1) is 8.76. The third-order valence-corrected chi connectivity index (χ3v) is 3.68. The maximum Gasteiger partial charge on any atom is 0.123 e. The number of anilines is 1. The lowest BCUT2D eigenvalue weighted by Gasteiger charge is -2.18. The largest absolute Gasteiger partial charge is 0.384 e. The quantitative estimate of drug-likeness (QED) is 0.900. The Bertz CT molecular complexity index is 509. The monoisotopic (exact) mass is 262 g/mol. The zero-order chi connectivity index (χ0) is 13.0. The summed E-state index contributed by atoms with van der Waals surface area (Å²) < 4.78 is 2.23. The second kappa shape index (κ2) is 5.91. The van der Waals surface area contributed by atoms with Gasteiger partial charge in [-0.3, -0.25) is 0 Å². The van der Waals surface area contributed by atoms with E-state index in [1.54, 1.807) is 6.20 Å². The molecular weight excluding hydrogens is 244 g/mol. The normalized spacial score (nSPS) is 12.6. The highest BCUT2D eigenvalue weighted by molar-refractivity contribution is 7.98. The third kappa shape index (κ3) is 2.67. The molecule has 18 heavy (non-hydrogen) atoms. The second-order valence-corrected chi connectivity index (χ2v) is 5.08. The number of nitrogens with two attached hydrogens (primary N) is 1. The lowest BCUT2D eigenvalue weighted by molar-refractivity contribution is 0.544. The molecule has 0 bridgehead atoms. The van der Waals surface area contributed by atoms with Crippen molar-refractivity contribution < 1.29 is 0 Å². The summed E-state index contributed by atoms with van der Waals surface area (Å²) in [6, 6.07) is 4.32. The van der Waals surface area contributed by atoms with Crippen LogP contribution >= 0.6 is 11.8 Å². The van der Waals surface area contributed by atoms with Gasteiger partial charge < -0.3 is 10.3 Å². The molecule has 0 saturated heterocycles. The van der Waals surface area contributed by atoms with Gasteiger partial charge in [-0.05, 0) is 24.8 Å². The van der Waals surface area contributed by atoms with E-state index in [4.69, 9.17) is 5.73 Å². The number of hydrogen-bond donors (Lipinski definition) is 1. The summed E-state index contributed by atoms with van der Waals surface area (Å²) in [7, 11) is 0. The fourth-order valence-corrected chi connectivity index (χ4v) is 2.80. The van der Waals surface area contributed by atoms with E-state index < -0.39 is 0 Å². The Kier molecular flexibility index (Phi) is 4.25. The van der Waals surface area contributed by atoms with Gasteiger partial charge in [0, 0.05) is 23.6 Å². The second-order valence-electron chi connectivity index (χ2n) is 4.17. The topological polar surface area (TPSA) is 56.7 Å². The zero-order valence-electron chi connectivity index (χ0n) is 10.7. The van der Waals surface area contributed by atoms with Crippen LogP contribution in [0.4, 0.5) is 5.82 Å². The number of thioether (sulfide) groups is 1. The van der Waals surface area contributed by atoms with Gasteiger partial charge in [-0.25, -0.2) is 9.97 Å². The van der Waals surface area contributed by atoms with Crippen molar-refractivity contribution in [2.24, 2.45) is 0 Å². The fourth-order valence-electron chi connectivity index (χ4n) is 2.01. The van der Waals surface area contributed by atoms with Gasteiger partial charge >= 0.3 is 0 Å². The van der Waals surface area contributed by atoms with Gasteiger partial charge in [0.2, 0.25) is 0 Å². The van der Waals surface area contributed by atoms with Gasteiger partial charge in [0.15, 0.2) is 0 Å². The van der Waals surface area contributed by atoms with Crippen LogP contribution in [0.3, 0.4) is 0 Å². The van der Waals surface area contributed by atoms with E-state index in [9.17, 15) is 0 Å². The molecule has 0 aliphatic carbocycles. The average molecular weight is 262 g/mol. The number of pyridine rings is 1. The molecule has 2 aromatic rings. The number of nitrogen functional groups attached to an aromatic ring is 1. The molecule has 2 heterocycles. The molecule has 0 aliphatic heterocycles. The summed E-state index contributed by atoms with van der Waals surface area (Å²) in [6.45, 7) is 2.20. The molecule has 96 valence electrons. The van der Waals surface area contributed by atoms with Crippen LogP contribution in [0.5, 0.6) is 0 Å². The van der Waals surface area contributed by atoms with Crippen molar-refractivity contribution in [2.75, 3.05) is 17.7 Å². The molecule has 2 rings (SSSR count). The highest BCUT2D eigenvalue weighted by Crippen LogP contribution is 2.26. The van der Waals surface area contributed by atoms with Crippen molar-refractivity contribution in [1.29, 1.82) is 0 Å². The van der Waals surface area contributed by atoms with Gasteiger partial charge in [0.1, 0.15) is 5.82 Å². The zero-order valence-corrected chi connectivity index (χ0v) is 11.5. The molecule has 0 aromatic carbocycles. The van der Waals surface area contributed by atoms with Crippen molar-refractivity contribution in [1.82, 2.24) is 14.5 Å². The lowest BCUT2D eigenvalue weighted by atomic mass is 10.1. The predicted molar refractivity (Wildman–Crippen MR) is 77.6 cm³/mol. The van der Waals surface area contributed by atoms with Crippen LogP contribution < -0.4 is 5.73 Å². The van der Waals surface area contributed by atoms with E-state index in [1.807, 2.05) is 36.4 Å². The van der Waals surface area contributed by atoms with Crippen molar-refractivity contribution in [3.05, 3.63) is 30.9 Å². The van der Waals surface area contributed by atoms with Crippen molar-refractivity contribution in [2.45, 2.75) is 19.4 Å². The molecule has 4 nitrogen and oxygen atoms in total. The Labute approximate surface area is 112 Å². The molecule has 0 radical (unpaired) electrons. The molecular formula is C13H18N4S. The maximum absolute atomic E-state index is 5.74. The van der Waals surface area contributed by atoms with E-state index in [1.165, 1.54) is 0 Å². The fraction of sp³-hybridized carbons (Fsp3) is 0.385. The Morgan fingerprint density at radius 2 is 2.33 bits per heavy atom. The highest BCUT2D eigenvalue weighted by atomic mass is 32.2. The minimum Gasteiger partial charge on any atom is -0.384 e. The smallest absolute Gasteiger partial charge is 0.123 e. The first-order valence-corrected chi connectivity index (χ1v) is 7.38. The number of aromatic nitrogens is 3. The van der Waals surface area contributed by atoms with Crippen molar-refractivity contribution >= 4 is 17.6 Å². The standard InChI is InChI=1S/C13H18N4S/c1-3-11(8-18-2)17-9-15-7-12(17)10-4-5-16-13(14)6-10/h4-7,9,11H,3,8H2,1-2H3,(H2,14,16). The molecule has 2 N–H and O–H groups in total. The average Bonchev–Trinajstić information content (AvgIpc) is 2.85. The molecule has 2 aromatic heterocycles. The van der Waals surface area contributed by atoms with Gasteiger partial charge in [-0.2, -0.15) is 11.8 Å². The molecule has 0 aliphatic rings. The first-order valence-electron chi connectivity index (χ1n) is 5.99. The Morgan fingerprint density at radius 3 is 3.00 bits per heavy atom. The number of imidazole rings is 1. The summed E-state index contributed by atoms with van der Waals surface area (Å²) in [5, 5.41) is 0. The van der Waals surface area contributed by atoms with Crippen LogP contribution in [0.1, 0.15) is 19.4 Å². The van der Waals surface area contributed by atoms with E-state index in [2.05, 4.69) is 27.7 Å². The molecule has 0 fully saturated rings. The molecule has 1 unspecified atom stereocenters. The minimum atomic E-state index is 0.465. The van der Waals surface area contributed by atoms with Gasteiger partial charge in [0.25, 0.3) is 0 Å². The summed E-state index contributed by atoms with van der Waals surface area (Å²) in [6.07, 6.45) is 8.74. The van der Waals surface area contributed by atoms with E-state index in [0.29, 0.717) is 11.9 Å². The highest BCUT2D eigenvalue weighted by Gasteiger charge is 2.13. The van der Waals surface area contributed by atoms with Crippen LogP contribution in [0.15, 0.2) is 30.9 Å². The van der Waals surface area contributed by atoms with E-state index in [0.717, 1.165) is 23.4 Å². The summed E-state index contributed by atoms with van der Waals surface area (Å²) in [5.41, 5.74) is 7.91. The van der Waals surface area contributed by atoms with E-state index >= 15 is 0 Å². The minimum absolute atomic E-state index is 0.465. The van der Waals surface area contributed by atoms with Crippen LogP contribution in [0.2, 0.25) is 0 Å². The number of nitrogens with zero attached hydrogens (tertiary/aromatic N) is 3. The molecule has 0 amide bonds. The Hall–Kier alpha value is -1.49. The van der Waals surface area contributed by atoms with Crippen LogP contribution in [0.25, 0.3) is 11.3 Å². The van der Waals surface area contributed by atoms with Gasteiger partial charge in [-0.1, -0.05) is 6.92 Å². The number of rotatable bonds is 5. The maximum atomic E-state index is 5.74. The molecule has 5 heteroatoms. The van der Waals surface area contributed by atoms with Gasteiger partial charge in [-0.15, -0.1) is 0 Å². The van der Waals surface area contributed by atoms with Crippen LogP contribution in [-0.2, 0) is 0 Å². The SMILES string of the molecule is CCC(CSC)n1cncc1-c1ccnc(N)c1. The summed E-state index contributed by atoms with van der Waals surface area (Å²) >= 11 is 1.85. The Morgan fingerprint density at radius 1 is 1.50 bits per heavy atom. The van der Waals surface area contributed by atoms with Gasteiger partial charge in [0.05, 0.1) is 18.2 Å². The molecule has 0 spiro atoms. The first kappa shape index (κ1) is 13.0. The van der Waals surface area contributed by atoms with E-state index in [-0.39, 0.29) is 0 Å². The Balaban J connectivity index is 2.38. The lowest BCUT2D eigenvalue weighted by Crippen LogP contribution is -2.11. The van der Waals surface area contributed by atoms with Crippen LogP contribution in [0, 0.1) is 0 Å². The number of hydrogen-bond acceptors (Lipinski definition) is 4. The third-order valence-electron chi connectivity index (χ3n) is 2.97. The predicted octanol–water partition coefficient (Wildman–Crippen LogP) is 2.84. The summed E-state index contributed by atoms with van der Waals surface area (Å²) in [4.78, 5) is 8.30. The van der Waals surface area contributed by atoms with Crippen molar-refractivity contribution in [3.63, 3.8) is 0 Å². The molecule has 0 saturated carbocycles.